The summed E-state index contributed by atoms with van der Waals surface area (Å²) in [6.07, 6.45) is 1.52. The molecular formula is C17H11BrFNO3. The Morgan fingerprint density at radius 3 is 2.78 bits per heavy atom. The zero-order valence-corrected chi connectivity index (χ0v) is 13.4. The van der Waals surface area contributed by atoms with Crippen LogP contribution in [-0.2, 0) is 4.79 Å². The number of rotatable bonds is 5. The van der Waals surface area contributed by atoms with E-state index in [1.807, 2.05) is 6.07 Å². The first-order valence-corrected chi connectivity index (χ1v) is 7.31. The summed E-state index contributed by atoms with van der Waals surface area (Å²) in [5.74, 6) is -1.23. The summed E-state index contributed by atoms with van der Waals surface area (Å²) in [6.45, 7) is -0.496. The Hall–Kier alpha value is -2.65. The van der Waals surface area contributed by atoms with Gasteiger partial charge in [0.15, 0.2) is 6.61 Å². The second-order valence-corrected chi connectivity index (χ2v) is 5.46. The topological polar surface area (TPSA) is 70.3 Å². The molecule has 0 aliphatic carbocycles. The van der Waals surface area contributed by atoms with Crippen molar-refractivity contribution in [2.24, 2.45) is 0 Å². The molecule has 0 saturated carbocycles. The normalized spacial score (nSPS) is 10.9. The van der Waals surface area contributed by atoms with Crippen LogP contribution in [-0.4, -0.2) is 17.7 Å². The fourth-order valence-electron chi connectivity index (χ4n) is 1.89. The lowest BCUT2D eigenvalue weighted by Crippen LogP contribution is -2.10. The molecule has 116 valence electrons. The highest BCUT2D eigenvalue weighted by Gasteiger charge is 2.08. The van der Waals surface area contributed by atoms with Crippen molar-refractivity contribution >= 4 is 33.5 Å². The predicted octanol–water partition coefficient (Wildman–Crippen LogP) is 4.12. The lowest BCUT2D eigenvalue weighted by Gasteiger charge is -2.08. The number of carboxylic acid groups (broad SMARTS) is 1. The van der Waals surface area contributed by atoms with Gasteiger partial charge in [0, 0.05) is 10.0 Å². The molecule has 0 saturated heterocycles. The van der Waals surface area contributed by atoms with Crippen LogP contribution in [0, 0.1) is 17.1 Å². The van der Waals surface area contributed by atoms with Crippen molar-refractivity contribution in [3.05, 3.63) is 63.9 Å². The maximum atomic E-state index is 13.3. The van der Waals surface area contributed by atoms with Crippen molar-refractivity contribution in [2.75, 3.05) is 6.61 Å². The second kappa shape index (κ2) is 7.56. The summed E-state index contributed by atoms with van der Waals surface area (Å²) in [7, 11) is 0. The van der Waals surface area contributed by atoms with E-state index >= 15 is 0 Å². The highest BCUT2D eigenvalue weighted by Crippen LogP contribution is 2.28. The van der Waals surface area contributed by atoms with Gasteiger partial charge in [-0.25, -0.2) is 9.18 Å². The van der Waals surface area contributed by atoms with Crippen LogP contribution in [0.15, 0.2) is 46.9 Å². The van der Waals surface area contributed by atoms with Gasteiger partial charge in [0.1, 0.15) is 11.6 Å². The number of hydrogen-bond donors (Lipinski definition) is 1. The third kappa shape index (κ3) is 4.66. The van der Waals surface area contributed by atoms with Crippen LogP contribution in [0.2, 0.25) is 0 Å². The molecule has 6 heteroatoms. The van der Waals surface area contributed by atoms with Gasteiger partial charge in [-0.2, -0.15) is 5.26 Å². The molecule has 0 spiro atoms. The minimum absolute atomic E-state index is 0.239. The molecule has 0 heterocycles. The van der Waals surface area contributed by atoms with Crippen molar-refractivity contribution < 1.29 is 19.0 Å². The van der Waals surface area contributed by atoms with E-state index in [1.165, 1.54) is 24.3 Å². The standard InChI is InChI=1S/C17H11BrFNO3/c18-14-4-5-16(23-10-17(21)22)12(7-14)6-13(9-20)11-2-1-3-15(19)8-11/h1-8H,10H2,(H,21,22)/b13-6-. The van der Waals surface area contributed by atoms with Crippen LogP contribution in [0.5, 0.6) is 5.75 Å². The lowest BCUT2D eigenvalue weighted by molar-refractivity contribution is -0.139. The van der Waals surface area contributed by atoms with E-state index in [0.717, 1.165) is 4.47 Å². The fourth-order valence-corrected chi connectivity index (χ4v) is 2.27. The Kier molecular flexibility index (Phi) is 5.50. The lowest BCUT2D eigenvalue weighted by atomic mass is 10.0. The molecule has 1 N–H and O–H groups in total. The first-order chi connectivity index (χ1) is 11.0. The summed E-state index contributed by atoms with van der Waals surface area (Å²) in [5, 5.41) is 18.0. The average molecular weight is 376 g/mol. The fraction of sp³-hybridized carbons (Fsp3) is 0.0588. The monoisotopic (exact) mass is 375 g/mol. The van der Waals surface area contributed by atoms with Gasteiger partial charge in [0.2, 0.25) is 0 Å². The Labute approximate surface area is 140 Å². The van der Waals surface area contributed by atoms with E-state index in [-0.39, 0.29) is 5.57 Å². The number of benzene rings is 2. The number of carboxylic acids is 1. The molecule has 0 amide bonds. The maximum absolute atomic E-state index is 13.3. The molecule has 2 aromatic rings. The molecule has 0 bridgehead atoms. The first-order valence-electron chi connectivity index (χ1n) is 6.51. The average Bonchev–Trinajstić information content (AvgIpc) is 2.51. The first kappa shape index (κ1) is 16.7. The Balaban J connectivity index is 2.44. The highest BCUT2D eigenvalue weighted by molar-refractivity contribution is 9.10. The number of nitrogens with zero attached hydrogens (tertiary/aromatic N) is 1. The van der Waals surface area contributed by atoms with Crippen LogP contribution in [0.4, 0.5) is 4.39 Å². The van der Waals surface area contributed by atoms with E-state index in [4.69, 9.17) is 9.84 Å². The third-order valence-electron chi connectivity index (χ3n) is 2.88. The highest BCUT2D eigenvalue weighted by atomic mass is 79.9. The number of hydrogen-bond acceptors (Lipinski definition) is 3. The van der Waals surface area contributed by atoms with Gasteiger partial charge >= 0.3 is 5.97 Å². The SMILES string of the molecule is N#C/C(=C/c1cc(Br)ccc1OCC(=O)O)c1cccc(F)c1. The Morgan fingerprint density at radius 1 is 1.35 bits per heavy atom. The van der Waals surface area contributed by atoms with Gasteiger partial charge in [-0.05, 0) is 42.0 Å². The van der Waals surface area contributed by atoms with Gasteiger partial charge in [-0.1, -0.05) is 28.1 Å². The second-order valence-electron chi connectivity index (χ2n) is 4.54. The number of nitriles is 1. The summed E-state index contributed by atoms with van der Waals surface area (Å²) in [6, 6.07) is 12.7. The minimum atomic E-state index is -1.10. The molecule has 0 atom stereocenters. The van der Waals surface area contributed by atoms with Gasteiger partial charge in [-0.15, -0.1) is 0 Å². The Morgan fingerprint density at radius 2 is 2.13 bits per heavy atom. The molecule has 4 nitrogen and oxygen atoms in total. The van der Waals surface area contributed by atoms with E-state index < -0.39 is 18.4 Å². The van der Waals surface area contributed by atoms with E-state index in [0.29, 0.717) is 16.9 Å². The molecule has 0 aromatic heterocycles. The molecule has 0 aliphatic rings. The van der Waals surface area contributed by atoms with Crippen LogP contribution in [0.3, 0.4) is 0 Å². The van der Waals surface area contributed by atoms with Crippen molar-refractivity contribution in [3.63, 3.8) is 0 Å². The molecule has 2 rings (SSSR count). The van der Waals surface area contributed by atoms with Crippen molar-refractivity contribution in [3.8, 4) is 11.8 Å². The number of halogens is 2. The molecular weight excluding hydrogens is 365 g/mol. The smallest absolute Gasteiger partial charge is 0.341 e. The largest absolute Gasteiger partial charge is 0.481 e. The maximum Gasteiger partial charge on any atom is 0.341 e. The van der Waals surface area contributed by atoms with Crippen molar-refractivity contribution in [1.29, 1.82) is 5.26 Å². The molecule has 0 radical (unpaired) electrons. The summed E-state index contributed by atoms with van der Waals surface area (Å²) < 4.78 is 19.3. The van der Waals surface area contributed by atoms with Crippen LogP contribution in [0.25, 0.3) is 11.6 Å². The van der Waals surface area contributed by atoms with Crippen LogP contribution < -0.4 is 4.74 Å². The zero-order chi connectivity index (χ0) is 16.8. The molecule has 0 unspecified atom stereocenters. The summed E-state index contributed by atoms with van der Waals surface area (Å²) in [4.78, 5) is 10.6. The van der Waals surface area contributed by atoms with Gasteiger partial charge in [0.05, 0.1) is 11.6 Å². The quantitative estimate of drug-likeness (QED) is 0.630. The van der Waals surface area contributed by atoms with Crippen molar-refractivity contribution in [2.45, 2.75) is 0 Å². The van der Waals surface area contributed by atoms with E-state index in [2.05, 4.69) is 15.9 Å². The van der Waals surface area contributed by atoms with Crippen LogP contribution >= 0.6 is 15.9 Å². The minimum Gasteiger partial charge on any atom is -0.481 e. The number of ether oxygens (including phenoxy) is 1. The van der Waals surface area contributed by atoms with E-state index in [1.54, 1.807) is 24.3 Å². The zero-order valence-electron chi connectivity index (χ0n) is 11.8. The Bertz CT molecular complexity index is 812. The number of allylic oxidation sites excluding steroid dienone is 1. The third-order valence-corrected chi connectivity index (χ3v) is 3.37. The van der Waals surface area contributed by atoms with Crippen LogP contribution in [0.1, 0.15) is 11.1 Å². The van der Waals surface area contributed by atoms with Gasteiger partial charge < -0.3 is 9.84 Å². The van der Waals surface area contributed by atoms with Gasteiger partial charge in [-0.3, -0.25) is 0 Å². The molecule has 2 aromatic carbocycles. The van der Waals surface area contributed by atoms with E-state index in [9.17, 15) is 14.4 Å². The number of carbonyl (C=O) groups is 1. The number of aliphatic carboxylic acids is 1. The predicted molar refractivity (Wildman–Crippen MR) is 87.2 cm³/mol. The molecule has 23 heavy (non-hydrogen) atoms. The van der Waals surface area contributed by atoms with Gasteiger partial charge in [0.25, 0.3) is 0 Å². The molecule has 0 aliphatic heterocycles. The summed E-state index contributed by atoms with van der Waals surface area (Å²) in [5.41, 5.74) is 1.18. The summed E-state index contributed by atoms with van der Waals surface area (Å²) >= 11 is 3.31. The molecule has 0 fully saturated rings. The van der Waals surface area contributed by atoms with Crippen molar-refractivity contribution in [1.82, 2.24) is 0 Å².